The Kier molecular flexibility index (Phi) is 9.28. The summed E-state index contributed by atoms with van der Waals surface area (Å²) >= 11 is 0. The van der Waals surface area contributed by atoms with Crippen molar-refractivity contribution < 1.29 is 23.3 Å². The second kappa shape index (κ2) is 11.9. The lowest BCUT2D eigenvalue weighted by Gasteiger charge is -2.15. The number of hydrogen-bond donors (Lipinski definition) is 1. The Morgan fingerprint density at radius 2 is 1.65 bits per heavy atom. The number of nitrogens with one attached hydrogen (secondary N) is 1. The van der Waals surface area contributed by atoms with E-state index in [0.717, 1.165) is 0 Å². The van der Waals surface area contributed by atoms with Crippen molar-refractivity contribution in [3.8, 4) is 23.8 Å². The lowest BCUT2D eigenvalue weighted by atomic mass is 10.1. The van der Waals surface area contributed by atoms with Crippen molar-refractivity contribution >= 4 is 34.8 Å². The molecule has 0 amide bonds. The Balaban J connectivity index is 0.00000341. The Hall–Kier alpha value is -3.12. The summed E-state index contributed by atoms with van der Waals surface area (Å²) in [5, 5.41) is 3.86. The largest absolute Gasteiger partial charge is 0.487 e. The highest BCUT2D eigenvalue weighted by Crippen LogP contribution is 2.35. The lowest BCUT2D eigenvalue weighted by Crippen LogP contribution is -2.09. The fraction of sp³-hybridized carbons (Fsp3) is 0.273. The third-order valence-corrected chi connectivity index (χ3v) is 4.18. The van der Waals surface area contributed by atoms with Crippen LogP contribution in [0.4, 0.5) is 15.9 Å². The predicted octanol–water partition coefficient (Wildman–Crippen LogP) is 3.97. The van der Waals surface area contributed by atoms with Crippen molar-refractivity contribution in [1.82, 2.24) is 9.97 Å². The number of halogens is 2. The molecule has 0 saturated heterocycles. The van der Waals surface area contributed by atoms with Crippen molar-refractivity contribution in [3.63, 3.8) is 0 Å². The van der Waals surface area contributed by atoms with Gasteiger partial charge in [0.25, 0.3) is 0 Å². The molecule has 9 heteroatoms. The van der Waals surface area contributed by atoms with Crippen LogP contribution in [0, 0.1) is 18.2 Å². The molecule has 2 aromatic carbocycles. The molecule has 3 aromatic rings. The van der Waals surface area contributed by atoms with Gasteiger partial charge in [-0.25, -0.2) is 14.4 Å². The first-order valence-corrected chi connectivity index (χ1v) is 9.21. The number of ether oxygens (including phenoxy) is 4. The van der Waals surface area contributed by atoms with E-state index in [-0.39, 0.29) is 18.0 Å². The SMILES string of the molecule is C#Cc1cc(Nc2ncnc3cc(OCCOC)c(OCCOC)cc23)ccc1F.Cl. The Morgan fingerprint density at radius 1 is 0.968 bits per heavy atom. The van der Waals surface area contributed by atoms with Crippen molar-refractivity contribution in [3.05, 3.63) is 48.0 Å². The maximum atomic E-state index is 13.7. The molecule has 0 saturated carbocycles. The van der Waals surface area contributed by atoms with Crippen LogP contribution in [0.2, 0.25) is 0 Å². The normalized spacial score (nSPS) is 10.3. The third kappa shape index (κ3) is 6.18. The van der Waals surface area contributed by atoms with E-state index in [4.69, 9.17) is 25.4 Å². The number of terminal acetylenes is 1. The number of fused-ring (bicyclic) bond motifs is 1. The molecule has 1 heterocycles. The molecular formula is C22H23ClFN3O4. The maximum Gasteiger partial charge on any atom is 0.163 e. The Morgan fingerprint density at radius 3 is 2.29 bits per heavy atom. The van der Waals surface area contributed by atoms with Crippen LogP contribution in [0.15, 0.2) is 36.7 Å². The van der Waals surface area contributed by atoms with Gasteiger partial charge in [0.15, 0.2) is 11.5 Å². The quantitative estimate of drug-likeness (QED) is 0.372. The molecule has 0 radical (unpaired) electrons. The second-order valence-corrected chi connectivity index (χ2v) is 6.18. The van der Waals surface area contributed by atoms with Gasteiger partial charge in [-0.2, -0.15) is 0 Å². The van der Waals surface area contributed by atoms with E-state index >= 15 is 0 Å². The number of hydrogen-bond acceptors (Lipinski definition) is 7. The first-order chi connectivity index (χ1) is 14.7. The molecule has 31 heavy (non-hydrogen) atoms. The molecule has 7 nitrogen and oxygen atoms in total. The lowest BCUT2D eigenvalue weighted by molar-refractivity contribution is 0.132. The molecule has 0 atom stereocenters. The number of rotatable bonds is 10. The molecule has 0 unspecified atom stereocenters. The van der Waals surface area contributed by atoms with Crippen molar-refractivity contribution in [2.75, 3.05) is 46.0 Å². The van der Waals surface area contributed by atoms with Crippen LogP contribution in [0.1, 0.15) is 5.56 Å². The van der Waals surface area contributed by atoms with Crippen LogP contribution >= 0.6 is 12.4 Å². The van der Waals surface area contributed by atoms with Crippen molar-refractivity contribution in [2.24, 2.45) is 0 Å². The topological polar surface area (TPSA) is 74.7 Å². The van der Waals surface area contributed by atoms with E-state index in [1.807, 2.05) is 0 Å². The van der Waals surface area contributed by atoms with Gasteiger partial charge in [-0.1, -0.05) is 5.92 Å². The van der Waals surface area contributed by atoms with Crippen LogP contribution in [0.5, 0.6) is 11.5 Å². The van der Waals surface area contributed by atoms with Crippen molar-refractivity contribution in [1.29, 1.82) is 0 Å². The molecule has 1 N–H and O–H groups in total. The zero-order valence-electron chi connectivity index (χ0n) is 17.2. The molecular weight excluding hydrogens is 425 g/mol. The van der Waals surface area contributed by atoms with Gasteiger partial charge in [-0.3, -0.25) is 0 Å². The smallest absolute Gasteiger partial charge is 0.163 e. The number of methoxy groups -OCH3 is 2. The van der Waals surface area contributed by atoms with E-state index in [1.165, 1.54) is 12.4 Å². The van der Waals surface area contributed by atoms with Crippen LogP contribution in [-0.2, 0) is 9.47 Å². The number of nitrogens with zero attached hydrogens (tertiary/aromatic N) is 2. The molecule has 3 rings (SSSR count). The monoisotopic (exact) mass is 447 g/mol. The van der Waals surface area contributed by atoms with E-state index in [1.54, 1.807) is 38.5 Å². The minimum absolute atomic E-state index is 0. The summed E-state index contributed by atoms with van der Waals surface area (Å²) in [6.07, 6.45) is 6.79. The average molecular weight is 448 g/mol. The first kappa shape index (κ1) is 24.2. The Bertz CT molecular complexity index is 1060. The fourth-order valence-corrected chi connectivity index (χ4v) is 2.71. The van der Waals surface area contributed by atoms with Gasteiger partial charge in [0.05, 0.1) is 24.3 Å². The summed E-state index contributed by atoms with van der Waals surface area (Å²) < 4.78 is 35.4. The van der Waals surface area contributed by atoms with Gasteiger partial charge in [0, 0.05) is 31.4 Å². The number of aromatic nitrogens is 2. The zero-order valence-corrected chi connectivity index (χ0v) is 18.0. The molecule has 0 fully saturated rings. The van der Waals surface area contributed by atoms with Crippen LogP contribution in [0.25, 0.3) is 10.9 Å². The molecule has 0 aliphatic heterocycles. The van der Waals surface area contributed by atoms with E-state index in [2.05, 4.69) is 21.2 Å². The first-order valence-electron chi connectivity index (χ1n) is 9.21. The number of anilines is 2. The van der Waals surface area contributed by atoms with E-state index in [9.17, 15) is 4.39 Å². The predicted molar refractivity (Wildman–Crippen MR) is 119 cm³/mol. The summed E-state index contributed by atoms with van der Waals surface area (Å²) in [7, 11) is 3.20. The highest BCUT2D eigenvalue weighted by Gasteiger charge is 2.13. The summed E-state index contributed by atoms with van der Waals surface area (Å²) in [6, 6.07) is 8.00. The van der Waals surface area contributed by atoms with Gasteiger partial charge in [0.1, 0.15) is 31.2 Å². The Labute approximate surface area is 186 Å². The zero-order chi connectivity index (χ0) is 21.3. The summed E-state index contributed by atoms with van der Waals surface area (Å²) in [5.41, 5.74) is 1.42. The highest BCUT2D eigenvalue weighted by molar-refractivity contribution is 5.93. The van der Waals surface area contributed by atoms with E-state index < -0.39 is 5.82 Å². The maximum absolute atomic E-state index is 13.7. The van der Waals surface area contributed by atoms with E-state index in [0.29, 0.717) is 60.3 Å². The minimum Gasteiger partial charge on any atom is -0.487 e. The van der Waals surface area contributed by atoms with Gasteiger partial charge < -0.3 is 24.3 Å². The van der Waals surface area contributed by atoms with Gasteiger partial charge >= 0.3 is 0 Å². The summed E-state index contributed by atoms with van der Waals surface area (Å²) in [6.45, 7) is 1.58. The standard InChI is InChI=1S/C22H22FN3O4.ClH/c1-4-15-11-16(5-6-18(15)23)26-22-17-12-20(29-9-7-27-2)21(30-10-8-28-3)13-19(17)24-14-25-22;/h1,5-6,11-14H,7-10H2,2-3H3,(H,24,25,26);1H. The van der Waals surface area contributed by atoms with Gasteiger partial charge in [0.2, 0.25) is 0 Å². The molecule has 1 aromatic heterocycles. The average Bonchev–Trinajstić information content (AvgIpc) is 2.76. The number of benzene rings is 2. The summed E-state index contributed by atoms with van der Waals surface area (Å²) in [4.78, 5) is 8.64. The van der Waals surface area contributed by atoms with Crippen LogP contribution in [-0.4, -0.2) is 50.6 Å². The highest BCUT2D eigenvalue weighted by atomic mass is 35.5. The van der Waals surface area contributed by atoms with Crippen LogP contribution in [0.3, 0.4) is 0 Å². The molecule has 0 aliphatic rings. The minimum atomic E-state index is -0.456. The van der Waals surface area contributed by atoms with Crippen LogP contribution < -0.4 is 14.8 Å². The fourth-order valence-electron chi connectivity index (χ4n) is 2.71. The second-order valence-electron chi connectivity index (χ2n) is 6.18. The third-order valence-electron chi connectivity index (χ3n) is 4.18. The van der Waals surface area contributed by atoms with Crippen molar-refractivity contribution in [2.45, 2.75) is 0 Å². The molecule has 164 valence electrons. The van der Waals surface area contributed by atoms with Gasteiger partial charge in [-0.05, 0) is 24.3 Å². The molecule has 0 bridgehead atoms. The van der Waals surface area contributed by atoms with Gasteiger partial charge in [-0.15, -0.1) is 18.8 Å². The molecule has 0 spiro atoms. The molecule has 0 aliphatic carbocycles. The summed E-state index contributed by atoms with van der Waals surface area (Å²) in [5.74, 6) is 3.45.